The predicted octanol–water partition coefficient (Wildman–Crippen LogP) is 3.57. The molecule has 0 amide bonds. The van der Waals surface area contributed by atoms with Crippen molar-refractivity contribution < 1.29 is 9.90 Å². The number of nitrogens with one attached hydrogen (secondary N) is 2. The summed E-state index contributed by atoms with van der Waals surface area (Å²) in [6.45, 7) is 2.02. The number of aromatic amines is 1. The highest BCUT2D eigenvalue weighted by Crippen LogP contribution is 2.26. The molecule has 0 aliphatic heterocycles. The summed E-state index contributed by atoms with van der Waals surface area (Å²) in [4.78, 5) is 14.4. The zero-order chi connectivity index (χ0) is 16.0. The third-order valence-electron chi connectivity index (χ3n) is 3.79. The van der Waals surface area contributed by atoms with E-state index in [2.05, 4.69) is 27.5 Å². The number of aromatic nitrogens is 3. The molecular formula is C17H14N4O2. The second-order valence-corrected chi connectivity index (χ2v) is 5.49. The molecule has 0 bridgehead atoms. The van der Waals surface area contributed by atoms with Crippen LogP contribution in [-0.4, -0.2) is 25.7 Å². The van der Waals surface area contributed by atoms with Gasteiger partial charge in [0.15, 0.2) is 0 Å². The van der Waals surface area contributed by atoms with Gasteiger partial charge in [-0.1, -0.05) is 0 Å². The molecule has 1 aromatic carbocycles. The molecule has 23 heavy (non-hydrogen) atoms. The Kier molecular flexibility index (Phi) is 2.84. The van der Waals surface area contributed by atoms with Crippen molar-refractivity contribution in [2.24, 2.45) is 0 Å². The van der Waals surface area contributed by atoms with Gasteiger partial charge in [-0.15, -0.1) is 0 Å². The normalized spacial score (nSPS) is 11.2. The highest BCUT2D eigenvalue weighted by Gasteiger charge is 2.10. The van der Waals surface area contributed by atoms with Crippen molar-refractivity contribution in [1.29, 1.82) is 0 Å². The highest BCUT2D eigenvalue weighted by molar-refractivity contribution is 5.92. The van der Waals surface area contributed by atoms with E-state index in [1.165, 1.54) is 6.20 Å². The molecule has 3 aromatic heterocycles. The first-order chi connectivity index (χ1) is 11.1. The number of carboxylic acid groups (broad SMARTS) is 1. The van der Waals surface area contributed by atoms with Gasteiger partial charge in [0.2, 0.25) is 0 Å². The number of aryl methyl sites for hydroxylation is 1. The first-order valence-corrected chi connectivity index (χ1v) is 7.17. The topological polar surface area (TPSA) is 82.4 Å². The summed E-state index contributed by atoms with van der Waals surface area (Å²) >= 11 is 0. The van der Waals surface area contributed by atoms with Crippen molar-refractivity contribution in [3.63, 3.8) is 0 Å². The van der Waals surface area contributed by atoms with Crippen molar-refractivity contribution in [2.75, 3.05) is 5.32 Å². The number of hydrogen-bond donors (Lipinski definition) is 3. The third-order valence-corrected chi connectivity index (χ3v) is 3.79. The molecule has 114 valence electrons. The fourth-order valence-electron chi connectivity index (χ4n) is 2.75. The largest absolute Gasteiger partial charge is 0.478 e. The van der Waals surface area contributed by atoms with Gasteiger partial charge in [-0.25, -0.2) is 9.31 Å². The van der Waals surface area contributed by atoms with Gasteiger partial charge in [0.1, 0.15) is 0 Å². The predicted molar refractivity (Wildman–Crippen MR) is 88.5 cm³/mol. The Morgan fingerprint density at radius 2 is 2.13 bits per heavy atom. The van der Waals surface area contributed by atoms with Crippen molar-refractivity contribution in [1.82, 2.24) is 14.6 Å². The molecule has 6 nitrogen and oxygen atoms in total. The fourth-order valence-corrected chi connectivity index (χ4v) is 2.75. The summed E-state index contributed by atoms with van der Waals surface area (Å²) in [6.07, 6.45) is 3.14. The van der Waals surface area contributed by atoms with Crippen LogP contribution < -0.4 is 5.32 Å². The standard InChI is InChI=1S/C17H14N4O2/c1-10-6-11-7-13(2-3-14(11)19-10)20-15-4-5-18-21-9-12(17(22)23)8-16(15)21/h2-9,19-20H,1H3,(H,22,23). The van der Waals surface area contributed by atoms with Gasteiger partial charge >= 0.3 is 5.97 Å². The number of hydrogen-bond acceptors (Lipinski definition) is 3. The quantitative estimate of drug-likeness (QED) is 0.540. The zero-order valence-corrected chi connectivity index (χ0v) is 12.4. The van der Waals surface area contributed by atoms with Gasteiger partial charge in [-0.05, 0) is 43.3 Å². The molecule has 3 heterocycles. The van der Waals surface area contributed by atoms with Crippen LogP contribution in [0.1, 0.15) is 16.1 Å². The molecule has 6 heteroatoms. The van der Waals surface area contributed by atoms with E-state index in [9.17, 15) is 4.79 Å². The first-order valence-electron chi connectivity index (χ1n) is 7.17. The van der Waals surface area contributed by atoms with Crippen LogP contribution in [0.5, 0.6) is 0 Å². The summed E-state index contributed by atoms with van der Waals surface area (Å²) in [6, 6.07) is 11.6. The number of rotatable bonds is 3. The molecule has 4 aromatic rings. The van der Waals surface area contributed by atoms with Crippen molar-refractivity contribution in [2.45, 2.75) is 6.92 Å². The average Bonchev–Trinajstić information content (AvgIpc) is 3.10. The van der Waals surface area contributed by atoms with E-state index < -0.39 is 5.97 Å². The number of carboxylic acids is 1. The monoisotopic (exact) mass is 306 g/mol. The van der Waals surface area contributed by atoms with E-state index in [0.29, 0.717) is 0 Å². The first kappa shape index (κ1) is 13.4. The zero-order valence-electron chi connectivity index (χ0n) is 12.4. The number of aromatic carboxylic acids is 1. The van der Waals surface area contributed by atoms with Crippen LogP contribution >= 0.6 is 0 Å². The van der Waals surface area contributed by atoms with Crippen molar-refractivity contribution in [3.8, 4) is 0 Å². The van der Waals surface area contributed by atoms with Crippen LogP contribution in [0, 0.1) is 6.92 Å². The van der Waals surface area contributed by atoms with Crippen molar-refractivity contribution in [3.05, 3.63) is 60.0 Å². The smallest absolute Gasteiger partial charge is 0.337 e. The number of H-pyrrole nitrogens is 1. The van der Waals surface area contributed by atoms with Crippen LogP contribution in [0.15, 0.2) is 48.8 Å². The minimum Gasteiger partial charge on any atom is -0.478 e. The minimum atomic E-state index is -0.967. The molecule has 0 aliphatic rings. The summed E-state index contributed by atoms with van der Waals surface area (Å²) in [5.41, 5.74) is 4.87. The number of anilines is 2. The lowest BCUT2D eigenvalue weighted by Gasteiger charge is -2.08. The molecule has 0 radical (unpaired) electrons. The second kappa shape index (κ2) is 4.88. The Labute approximate surface area is 131 Å². The number of carbonyl (C=O) groups is 1. The molecular weight excluding hydrogens is 292 g/mol. The summed E-state index contributed by atoms with van der Waals surface area (Å²) in [5, 5.41) is 17.7. The van der Waals surface area contributed by atoms with Gasteiger partial charge in [0, 0.05) is 34.7 Å². The Morgan fingerprint density at radius 1 is 1.26 bits per heavy atom. The fraction of sp³-hybridized carbons (Fsp3) is 0.0588. The third kappa shape index (κ3) is 2.30. The van der Waals surface area contributed by atoms with Crippen LogP contribution in [0.3, 0.4) is 0 Å². The molecule has 0 atom stereocenters. The number of benzene rings is 1. The molecule has 0 fully saturated rings. The lowest BCUT2D eigenvalue weighted by molar-refractivity contribution is 0.0697. The molecule has 0 unspecified atom stereocenters. The van der Waals surface area contributed by atoms with E-state index in [0.717, 1.165) is 33.5 Å². The second-order valence-electron chi connectivity index (χ2n) is 5.49. The molecule has 4 rings (SSSR count). The lowest BCUT2D eigenvalue weighted by Crippen LogP contribution is -1.95. The molecule has 0 spiro atoms. The Morgan fingerprint density at radius 3 is 2.96 bits per heavy atom. The van der Waals surface area contributed by atoms with Gasteiger partial charge in [0.25, 0.3) is 0 Å². The maximum atomic E-state index is 11.1. The van der Waals surface area contributed by atoms with Crippen LogP contribution in [0.25, 0.3) is 16.4 Å². The SMILES string of the molecule is Cc1cc2cc(Nc3ccnn4cc(C(=O)O)cc34)ccc2[nH]1. The minimum absolute atomic E-state index is 0.212. The van der Waals surface area contributed by atoms with E-state index in [4.69, 9.17) is 5.11 Å². The van der Waals surface area contributed by atoms with E-state index >= 15 is 0 Å². The van der Waals surface area contributed by atoms with E-state index in [1.807, 2.05) is 25.1 Å². The molecule has 3 N–H and O–H groups in total. The Hall–Kier alpha value is -3.28. The average molecular weight is 306 g/mol. The summed E-state index contributed by atoms with van der Waals surface area (Å²) in [7, 11) is 0. The van der Waals surface area contributed by atoms with Crippen LogP contribution in [0.2, 0.25) is 0 Å². The van der Waals surface area contributed by atoms with Gasteiger partial charge in [-0.3, -0.25) is 0 Å². The highest BCUT2D eigenvalue weighted by atomic mass is 16.4. The van der Waals surface area contributed by atoms with Gasteiger partial charge in [0.05, 0.1) is 16.8 Å². The lowest BCUT2D eigenvalue weighted by atomic mass is 10.2. The number of fused-ring (bicyclic) bond motifs is 2. The number of nitrogens with zero attached hydrogens (tertiary/aromatic N) is 2. The maximum Gasteiger partial charge on any atom is 0.337 e. The van der Waals surface area contributed by atoms with E-state index in [1.54, 1.807) is 16.8 Å². The molecule has 0 saturated heterocycles. The van der Waals surface area contributed by atoms with Crippen molar-refractivity contribution >= 4 is 33.8 Å². The van der Waals surface area contributed by atoms with Gasteiger partial charge in [-0.2, -0.15) is 5.10 Å². The summed E-state index contributed by atoms with van der Waals surface area (Å²) in [5.74, 6) is -0.967. The van der Waals surface area contributed by atoms with Crippen LogP contribution in [-0.2, 0) is 0 Å². The van der Waals surface area contributed by atoms with E-state index in [-0.39, 0.29) is 5.56 Å². The van der Waals surface area contributed by atoms with Gasteiger partial charge < -0.3 is 15.4 Å². The Bertz CT molecular complexity index is 1050. The molecule has 0 aliphatic carbocycles. The Balaban J connectivity index is 1.77. The maximum absolute atomic E-state index is 11.1. The molecule has 0 saturated carbocycles. The van der Waals surface area contributed by atoms with Crippen LogP contribution in [0.4, 0.5) is 11.4 Å². The summed E-state index contributed by atoms with van der Waals surface area (Å²) < 4.78 is 1.56.